The van der Waals surface area contributed by atoms with Crippen molar-refractivity contribution in [2.45, 2.75) is 17.4 Å². The number of benzene rings is 1. The Balaban J connectivity index is 2.43. The van der Waals surface area contributed by atoms with E-state index in [9.17, 15) is 23.3 Å². The van der Waals surface area contributed by atoms with E-state index in [4.69, 9.17) is 4.74 Å². The van der Waals surface area contributed by atoms with Crippen LogP contribution in [-0.4, -0.2) is 33.5 Å². The van der Waals surface area contributed by atoms with Crippen LogP contribution in [-0.2, 0) is 19.6 Å². The van der Waals surface area contributed by atoms with Crippen molar-refractivity contribution in [2.24, 2.45) is 0 Å². The molecular weight excluding hydrogens is 384 g/mol. The van der Waals surface area contributed by atoms with E-state index < -0.39 is 32.6 Å². The van der Waals surface area contributed by atoms with Gasteiger partial charge in [0.15, 0.2) is 0 Å². The van der Waals surface area contributed by atoms with Crippen molar-refractivity contribution >= 4 is 33.0 Å². The molecular formula is C15H16N2O7S2. The van der Waals surface area contributed by atoms with Gasteiger partial charge in [-0.25, -0.2) is 13.1 Å². The second-order valence-electron chi connectivity index (χ2n) is 5.06. The molecule has 0 aliphatic rings. The topological polar surface area (TPSA) is 125 Å². The molecule has 9 nitrogen and oxygen atoms in total. The summed E-state index contributed by atoms with van der Waals surface area (Å²) in [7, 11) is -1.76. The minimum absolute atomic E-state index is 0.0499. The van der Waals surface area contributed by atoms with Crippen LogP contribution in [0.2, 0.25) is 0 Å². The number of carbonyl (C=O) groups excluding carboxylic acids is 1. The molecule has 1 N–H and O–H groups in total. The zero-order valence-corrected chi connectivity index (χ0v) is 15.5. The number of rotatable bonds is 8. The van der Waals surface area contributed by atoms with Crippen molar-refractivity contribution in [3.05, 3.63) is 50.7 Å². The van der Waals surface area contributed by atoms with Crippen LogP contribution in [0.1, 0.15) is 17.3 Å². The highest BCUT2D eigenvalue weighted by atomic mass is 32.2. The summed E-state index contributed by atoms with van der Waals surface area (Å²) in [6.07, 6.45) is -0.229. The van der Waals surface area contributed by atoms with Crippen LogP contribution in [0.15, 0.2) is 40.6 Å². The SMILES string of the molecule is COC(=O)CC(NS(=O)(=O)c1cc([N+](=O)[O-])ccc1OC)c1cccs1. The summed E-state index contributed by atoms with van der Waals surface area (Å²) in [4.78, 5) is 22.1. The van der Waals surface area contributed by atoms with Gasteiger partial charge >= 0.3 is 5.97 Å². The van der Waals surface area contributed by atoms with E-state index in [0.717, 1.165) is 12.1 Å². The zero-order valence-electron chi connectivity index (χ0n) is 13.9. The lowest BCUT2D eigenvalue weighted by molar-refractivity contribution is -0.385. The number of non-ortho nitro benzene ring substituents is 1. The van der Waals surface area contributed by atoms with Crippen LogP contribution < -0.4 is 9.46 Å². The van der Waals surface area contributed by atoms with Crippen LogP contribution >= 0.6 is 11.3 Å². The number of nitrogens with one attached hydrogen (secondary N) is 1. The van der Waals surface area contributed by atoms with E-state index in [1.807, 2.05) is 0 Å². The molecule has 0 aliphatic heterocycles. The van der Waals surface area contributed by atoms with E-state index in [1.165, 1.54) is 31.6 Å². The molecule has 0 saturated heterocycles. The maximum atomic E-state index is 12.8. The third-order valence-corrected chi connectivity index (χ3v) is 5.91. The number of methoxy groups -OCH3 is 2. The van der Waals surface area contributed by atoms with E-state index in [-0.39, 0.29) is 17.1 Å². The van der Waals surface area contributed by atoms with Crippen molar-refractivity contribution in [3.63, 3.8) is 0 Å². The number of hydrogen-bond donors (Lipinski definition) is 1. The average Bonchev–Trinajstić information content (AvgIpc) is 3.14. The van der Waals surface area contributed by atoms with E-state index in [2.05, 4.69) is 9.46 Å². The number of esters is 1. The van der Waals surface area contributed by atoms with Gasteiger partial charge in [0, 0.05) is 17.0 Å². The molecule has 140 valence electrons. The molecule has 0 fully saturated rings. The lowest BCUT2D eigenvalue weighted by atomic mass is 10.2. The number of hydrogen-bond acceptors (Lipinski definition) is 8. The second-order valence-corrected chi connectivity index (χ2v) is 7.72. The van der Waals surface area contributed by atoms with Gasteiger partial charge in [0.25, 0.3) is 5.69 Å². The molecule has 1 unspecified atom stereocenters. The maximum Gasteiger partial charge on any atom is 0.307 e. The van der Waals surface area contributed by atoms with Crippen LogP contribution in [0.5, 0.6) is 5.75 Å². The molecule has 2 aromatic rings. The molecule has 0 bridgehead atoms. The highest BCUT2D eigenvalue weighted by Gasteiger charge is 2.28. The summed E-state index contributed by atoms with van der Waals surface area (Å²) in [5, 5.41) is 12.7. The number of nitro groups is 1. The number of nitrogens with zero attached hydrogens (tertiary/aromatic N) is 1. The van der Waals surface area contributed by atoms with Gasteiger partial charge in [0.2, 0.25) is 10.0 Å². The smallest absolute Gasteiger partial charge is 0.307 e. The quantitative estimate of drug-likeness (QED) is 0.409. The number of carbonyl (C=O) groups is 1. The largest absolute Gasteiger partial charge is 0.495 e. The summed E-state index contributed by atoms with van der Waals surface area (Å²) in [5.74, 6) is -0.650. The first-order chi connectivity index (χ1) is 12.3. The summed E-state index contributed by atoms with van der Waals surface area (Å²) < 4.78 is 37.6. The highest BCUT2D eigenvalue weighted by molar-refractivity contribution is 7.89. The fraction of sp³-hybridized carbons (Fsp3) is 0.267. The first kappa shape index (κ1) is 19.8. The van der Waals surface area contributed by atoms with Crippen LogP contribution in [0.3, 0.4) is 0 Å². The third kappa shape index (κ3) is 4.56. The van der Waals surface area contributed by atoms with Crippen molar-refractivity contribution < 1.29 is 27.6 Å². The second kappa shape index (κ2) is 8.25. The zero-order chi connectivity index (χ0) is 19.3. The lowest BCUT2D eigenvalue weighted by Crippen LogP contribution is -2.30. The molecule has 11 heteroatoms. The van der Waals surface area contributed by atoms with Gasteiger partial charge in [0.05, 0.1) is 31.6 Å². The van der Waals surface area contributed by atoms with E-state index >= 15 is 0 Å². The fourth-order valence-electron chi connectivity index (χ4n) is 2.18. The predicted octanol–water partition coefficient (Wildman–Crippen LogP) is 2.25. The van der Waals surface area contributed by atoms with Crippen LogP contribution in [0.4, 0.5) is 5.69 Å². The van der Waals surface area contributed by atoms with Gasteiger partial charge in [-0.05, 0) is 17.5 Å². The first-order valence-corrected chi connectivity index (χ1v) is 9.59. The van der Waals surface area contributed by atoms with Crippen molar-refractivity contribution in [1.29, 1.82) is 0 Å². The molecule has 0 spiro atoms. The summed E-state index contributed by atoms with van der Waals surface area (Å²) >= 11 is 1.26. The average molecular weight is 400 g/mol. The van der Waals surface area contributed by atoms with Gasteiger partial charge in [-0.2, -0.15) is 0 Å². The minimum atomic E-state index is -4.22. The summed E-state index contributed by atoms with van der Waals surface area (Å²) in [6, 6.07) is 5.76. The van der Waals surface area contributed by atoms with Gasteiger partial charge in [0.1, 0.15) is 10.6 Å². The van der Waals surface area contributed by atoms with Gasteiger partial charge in [-0.3, -0.25) is 14.9 Å². The normalized spacial score (nSPS) is 12.4. The van der Waals surface area contributed by atoms with Crippen molar-refractivity contribution in [1.82, 2.24) is 4.72 Å². The number of ether oxygens (including phenoxy) is 2. The van der Waals surface area contributed by atoms with Gasteiger partial charge in [-0.1, -0.05) is 6.07 Å². The molecule has 1 heterocycles. The first-order valence-electron chi connectivity index (χ1n) is 7.23. The van der Waals surface area contributed by atoms with E-state index in [1.54, 1.807) is 17.5 Å². The molecule has 0 aliphatic carbocycles. The van der Waals surface area contributed by atoms with Gasteiger partial charge in [-0.15, -0.1) is 11.3 Å². The summed E-state index contributed by atoms with van der Waals surface area (Å²) in [6.45, 7) is 0. The van der Waals surface area contributed by atoms with Crippen molar-refractivity contribution in [2.75, 3.05) is 14.2 Å². The minimum Gasteiger partial charge on any atom is -0.495 e. The Labute approximate surface area is 153 Å². The highest BCUT2D eigenvalue weighted by Crippen LogP contribution is 2.31. The van der Waals surface area contributed by atoms with Gasteiger partial charge < -0.3 is 9.47 Å². The molecule has 1 aromatic heterocycles. The Bertz CT molecular complexity index is 895. The molecule has 0 saturated carbocycles. The molecule has 0 radical (unpaired) electrons. The van der Waals surface area contributed by atoms with Crippen molar-refractivity contribution in [3.8, 4) is 5.75 Å². The fourth-order valence-corrected chi connectivity index (χ4v) is 4.44. The van der Waals surface area contributed by atoms with Crippen LogP contribution in [0.25, 0.3) is 0 Å². The molecule has 1 aromatic carbocycles. The number of sulfonamides is 1. The molecule has 2 rings (SSSR count). The number of nitro benzene ring substituents is 1. The Kier molecular flexibility index (Phi) is 6.29. The Morgan fingerprint density at radius 2 is 2.08 bits per heavy atom. The monoisotopic (exact) mass is 400 g/mol. The predicted molar refractivity (Wildman–Crippen MR) is 93.7 cm³/mol. The third-order valence-electron chi connectivity index (χ3n) is 3.43. The Morgan fingerprint density at radius 1 is 1.35 bits per heavy atom. The lowest BCUT2D eigenvalue weighted by Gasteiger charge is -2.17. The van der Waals surface area contributed by atoms with E-state index in [0.29, 0.717) is 4.88 Å². The van der Waals surface area contributed by atoms with Crippen LogP contribution in [0, 0.1) is 10.1 Å². The summed E-state index contributed by atoms with van der Waals surface area (Å²) in [5.41, 5.74) is -0.396. The number of thiophene rings is 1. The Hall–Kier alpha value is -2.50. The molecule has 26 heavy (non-hydrogen) atoms. The maximum absolute atomic E-state index is 12.8. The standard InChI is InChI=1S/C15H16N2O7S2/c1-23-12-6-5-10(17(19)20)8-14(12)26(21,22)16-11(9-15(18)24-2)13-4-3-7-25-13/h3-8,11,16H,9H2,1-2H3. The molecule has 0 amide bonds. The molecule has 1 atom stereocenters. The Morgan fingerprint density at radius 3 is 2.62 bits per heavy atom.